The molecule has 0 aromatic rings. The predicted molar refractivity (Wildman–Crippen MR) is 58.1 cm³/mol. The molecule has 1 aliphatic rings. The fourth-order valence-corrected chi connectivity index (χ4v) is 2.11. The maximum atomic E-state index is 9.00. The van der Waals surface area contributed by atoms with Crippen LogP contribution in [0.15, 0.2) is 0 Å². The molecule has 0 spiro atoms. The van der Waals surface area contributed by atoms with Crippen molar-refractivity contribution in [3.8, 4) is 0 Å². The molecule has 2 atom stereocenters. The molecule has 14 heavy (non-hydrogen) atoms. The number of carbonyl (C=O) groups is 1. The number of rotatable bonds is 1. The van der Waals surface area contributed by atoms with Crippen LogP contribution in [0, 0.1) is 11.3 Å². The Morgan fingerprint density at radius 2 is 2.14 bits per heavy atom. The monoisotopic (exact) mass is 201 g/mol. The number of carboxylic acid groups (broad SMARTS) is 1. The molecule has 0 aromatic heterocycles. The van der Waals surface area contributed by atoms with Gasteiger partial charge >= 0.3 is 0 Å². The topological polar surface area (TPSA) is 63.3 Å². The average Bonchev–Trinajstić information content (AvgIpc) is 2.03. The summed E-state index contributed by atoms with van der Waals surface area (Å²) >= 11 is 0. The SMILES string of the molecule is CC(=O)O.CC1CCC[C@@](C)(CN)C1. The molecule has 0 heterocycles. The Kier molecular flexibility index (Phi) is 5.77. The van der Waals surface area contributed by atoms with Crippen LogP contribution in [0.2, 0.25) is 0 Å². The van der Waals surface area contributed by atoms with Gasteiger partial charge in [-0.15, -0.1) is 0 Å². The van der Waals surface area contributed by atoms with Crippen LogP contribution < -0.4 is 5.73 Å². The first-order chi connectivity index (χ1) is 6.39. The van der Waals surface area contributed by atoms with E-state index in [1.165, 1.54) is 25.7 Å². The van der Waals surface area contributed by atoms with E-state index in [1.54, 1.807) is 0 Å². The first-order valence-electron chi connectivity index (χ1n) is 5.29. The first kappa shape index (κ1) is 13.4. The Balaban J connectivity index is 0.000000364. The third-order valence-electron chi connectivity index (χ3n) is 2.81. The summed E-state index contributed by atoms with van der Waals surface area (Å²) in [5.74, 6) is 0.0716. The summed E-state index contributed by atoms with van der Waals surface area (Å²) in [6.45, 7) is 6.62. The van der Waals surface area contributed by atoms with Crippen LogP contribution in [0.25, 0.3) is 0 Å². The third-order valence-corrected chi connectivity index (χ3v) is 2.81. The molecule has 0 amide bonds. The summed E-state index contributed by atoms with van der Waals surface area (Å²) < 4.78 is 0. The lowest BCUT2D eigenvalue weighted by molar-refractivity contribution is -0.134. The Bertz CT molecular complexity index is 178. The van der Waals surface area contributed by atoms with Gasteiger partial charge in [0.25, 0.3) is 5.97 Å². The fraction of sp³-hybridized carbons (Fsp3) is 0.909. The molecule has 3 heteroatoms. The van der Waals surface area contributed by atoms with Crippen molar-refractivity contribution in [2.24, 2.45) is 17.1 Å². The number of carboxylic acids is 1. The second-order valence-corrected chi connectivity index (χ2v) is 4.74. The van der Waals surface area contributed by atoms with Crippen molar-refractivity contribution in [1.82, 2.24) is 0 Å². The van der Waals surface area contributed by atoms with E-state index in [1.807, 2.05) is 0 Å². The highest BCUT2D eigenvalue weighted by atomic mass is 16.4. The normalized spacial score (nSPS) is 31.6. The third kappa shape index (κ3) is 5.97. The first-order valence-corrected chi connectivity index (χ1v) is 5.29. The molecule has 3 N–H and O–H groups in total. The molecule has 1 aliphatic carbocycles. The number of nitrogens with two attached hydrogens (primary N) is 1. The van der Waals surface area contributed by atoms with E-state index in [-0.39, 0.29) is 0 Å². The highest BCUT2D eigenvalue weighted by Crippen LogP contribution is 2.37. The van der Waals surface area contributed by atoms with Crippen LogP contribution in [0.4, 0.5) is 0 Å². The van der Waals surface area contributed by atoms with Gasteiger partial charge in [-0.3, -0.25) is 4.79 Å². The van der Waals surface area contributed by atoms with Gasteiger partial charge in [-0.25, -0.2) is 0 Å². The van der Waals surface area contributed by atoms with E-state index in [0.717, 1.165) is 19.4 Å². The van der Waals surface area contributed by atoms with Crippen molar-refractivity contribution in [1.29, 1.82) is 0 Å². The Labute approximate surface area is 86.7 Å². The summed E-state index contributed by atoms with van der Waals surface area (Å²) in [7, 11) is 0. The van der Waals surface area contributed by atoms with E-state index >= 15 is 0 Å². The van der Waals surface area contributed by atoms with E-state index in [9.17, 15) is 0 Å². The van der Waals surface area contributed by atoms with Crippen LogP contribution >= 0.6 is 0 Å². The molecular formula is C11H23NO2. The average molecular weight is 201 g/mol. The quantitative estimate of drug-likeness (QED) is 0.684. The molecule has 0 aromatic carbocycles. The van der Waals surface area contributed by atoms with E-state index in [4.69, 9.17) is 15.6 Å². The van der Waals surface area contributed by atoms with Gasteiger partial charge in [0, 0.05) is 6.92 Å². The molecule has 0 radical (unpaired) electrons. The predicted octanol–water partition coefficient (Wildman–Crippen LogP) is 2.25. The van der Waals surface area contributed by atoms with Gasteiger partial charge in [-0.2, -0.15) is 0 Å². The van der Waals surface area contributed by atoms with Crippen LogP contribution in [-0.2, 0) is 4.79 Å². The van der Waals surface area contributed by atoms with Crippen molar-refractivity contribution in [3.63, 3.8) is 0 Å². The van der Waals surface area contributed by atoms with Crippen LogP contribution in [0.1, 0.15) is 46.5 Å². The summed E-state index contributed by atoms with van der Waals surface area (Å²) in [5.41, 5.74) is 6.17. The highest BCUT2D eigenvalue weighted by Gasteiger charge is 2.28. The molecule has 0 saturated heterocycles. The van der Waals surface area contributed by atoms with Crippen LogP contribution in [-0.4, -0.2) is 17.6 Å². The van der Waals surface area contributed by atoms with E-state index < -0.39 is 5.97 Å². The largest absolute Gasteiger partial charge is 0.481 e. The zero-order valence-corrected chi connectivity index (χ0v) is 9.55. The molecule has 0 aliphatic heterocycles. The van der Waals surface area contributed by atoms with E-state index in [0.29, 0.717) is 5.41 Å². The van der Waals surface area contributed by atoms with E-state index in [2.05, 4.69) is 13.8 Å². The smallest absolute Gasteiger partial charge is 0.300 e. The minimum atomic E-state index is -0.833. The molecule has 1 fully saturated rings. The second-order valence-electron chi connectivity index (χ2n) is 4.74. The zero-order valence-electron chi connectivity index (χ0n) is 9.55. The van der Waals surface area contributed by atoms with Gasteiger partial charge in [-0.05, 0) is 30.7 Å². The van der Waals surface area contributed by atoms with Gasteiger partial charge in [0.15, 0.2) is 0 Å². The molecule has 1 rings (SSSR count). The van der Waals surface area contributed by atoms with Crippen molar-refractivity contribution in [3.05, 3.63) is 0 Å². The van der Waals surface area contributed by atoms with Gasteiger partial charge in [0.2, 0.25) is 0 Å². The van der Waals surface area contributed by atoms with Crippen molar-refractivity contribution < 1.29 is 9.90 Å². The maximum absolute atomic E-state index is 9.00. The zero-order chi connectivity index (χ0) is 11.2. The van der Waals surface area contributed by atoms with Crippen LogP contribution in [0.5, 0.6) is 0 Å². The van der Waals surface area contributed by atoms with Gasteiger partial charge < -0.3 is 10.8 Å². The van der Waals surface area contributed by atoms with Crippen LogP contribution in [0.3, 0.4) is 0 Å². The minimum absolute atomic E-state index is 0.470. The van der Waals surface area contributed by atoms with Crippen molar-refractivity contribution in [2.75, 3.05) is 6.54 Å². The lowest BCUT2D eigenvalue weighted by Gasteiger charge is -2.35. The van der Waals surface area contributed by atoms with Gasteiger partial charge in [0.1, 0.15) is 0 Å². The van der Waals surface area contributed by atoms with Gasteiger partial charge in [-0.1, -0.05) is 26.7 Å². The van der Waals surface area contributed by atoms with Crippen molar-refractivity contribution in [2.45, 2.75) is 46.5 Å². The van der Waals surface area contributed by atoms with Crippen molar-refractivity contribution >= 4 is 5.97 Å². The molecular weight excluding hydrogens is 178 g/mol. The lowest BCUT2D eigenvalue weighted by Crippen LogP contribution is -2.32. The summed E-state index contributed by atoms with van der Waals surface area (Å²) in [6, 6.07) is 0. The molecule has 0 bridgehead atoms. The second kappa shape index (κ2) is 6.02. The number of hydrogen-bond donors (Lipinski definition) is 2. The minimum Gasteiger partial charge on any atom is -0.481 e. The highest BCUT2D eigenvalue weighted by molar-refractivity contribution is 5.62. The summed E-state index contributed by atoms with van der Waals surface area (Å²) in [5, 5.41) is 7.42. The standard InChI is InChI=1S/C9H19N.C2H4O2/c1-8-4-3-5-9(2,6-8)7-10;1-2(3)4/h8H,3-7,10H2,1-2H3;1H3,(H,3,4)/t8?,9-;/m1./s1. The molecule has 3 nitrogen and oxygen atoms in total. The summed E-state index contributed by atoms with van der Waals surface area (Å²) in [6.07, 6.45) is 5.47. The van der Waals surface area contributed by atoms with Gasteiger partial charge in [0.05, 0.1) is 0 Å². The molecule has 84 valence electrons. The Morgan fingerprint density at radius 1 is 1.64 bits per heavy atom. The molecule has 1 saturated carbocycles. The number of hydrogen-bond acceptors (Lipinski definition) is 2. The Hall–Kier alpha value is -0.570. The fourth-order valence-electron chi connectivity index (χ4n) is 2.11. The summed E-state index contributed by atoms with van der Waals surface area (Å²) in [4.78, 5) is 9.00. The number of aliphatic carboxylic acids is 1. The maximum Gasteiger partial charge on any atom is 0.300 e. The lowest BCUT2D eigenvalue weighted by atomic mass is 9.71. The Morgan fingerprint density at radius 3 is 2.43 bits per heavy atom. The molecule has 1 unspecified atom stereocenters.